The maximum absolute atomic E-state index is 9.28. The lowest BCUT2D eigenvalue weighted by Gasteiger charge is -2.24. The quantitative estimate of drug-likeness (QED) is 0.708. The molecular formula is C19H25NO3. The predicted molar refractivity (Wildman–Crippen MR) is 93.2 cm³/mol. The van der Waals surface area contributed by atoms with Gasteiger partial charge in [-0.1, -0.05) is 27.2 Å². The first kappa shape index (κ1) is 17.0. The molecule has 23 heavy (non-hydrogen) atoms. The van der Waals surface area contributed by atoms with Gasteiger partial charge in [-0.05, 0) is 48.2 Å². The number of nitrogens with two attached hydrogens (primary N) is 1. The molecule has 0 aromatic heterocycles. The number of hydrogen-bond acceptors (Lipinski definition) is 4. The van der Waals surface area contributed by atoms with Gasteiger partial charge in [0.2, 0.25) is 0 Å². The van der Waals surface area contributed by atoms with Crippen LogP contribution in [0.1, 0.15) is 33.6 Å². The monoisotopic (exact) mass is 315 g/mol. The molecule has 0 aliphatic carbocycles. The summed E-state index contributed by atoms with van der Waals surface area (Å²) in [7, 11) is 0. The highest BCUT2D eigenvalue weighted by molar-refractivity contribution is 5.57. The minimum atomic E-state index is 0.144. The topological polar surface area (TPSA) is 64.7 Å². The van der Waals surface area contributed by atoms with Gasteiger partial charge in [-0.2, -0.15) is 0 Å². The Morgan fingerprint density at radius 3 is 2.30 bits per heavy atom. The molecule has 0 atom stereocenters. The van der Waals surface area contributed by atoms with Crippen molar-refractivity contribution in [2.24, 2.45) is 5.41 Å². The van der Waals surface area contributed by atoms with Gasteiger partial charge in [0.15, 0.2) is 5.75 Å². The largest absolute Gasteiger partial charge is 0.508 e. The molecule has 0 amide bonds. The lowest BCUT2D eigenvalue weighted by atomic mass is 9.89. The van der Waals surface area contributed by atoms with Gasteiger partial charge in [0.1, 0.15) is 17.2 Å². The maximum atomic E-state index is 9.28. The number of aromatic hydroxyl groups is 1. The van der Waals surface area contributed by atoms with Crippen LogP contribution in [0.3, 0.4) is 0 Å². The summed E-state index contributed by atoms with van der Waals surface area (Å²) >= 11 is 0. The molecule has 124 valence electrons. The summed E-state index contributed by atoms with van der Waals surface area (Å²) in [5, 5.41) is 9.28. The van der Waals surface area contributed by atoms with Gasteiger partial charge in [-0.25, -0.2) is 0 Å². The third-order valence-electron chi connectivity index (χ3n) is 3.60. The second kappa shape index (κ2) is 7.27. The molecule has 0 fully saturated rings. The minimum absolute atomic E-state index is 0.144. The average Bonchev–Trinajstić information content (AvgIpc) is 2.50. The first-order valence-electron chi connectivity index (χ1n) is 7.89. The van der Waals surface area contributed by atoms with Gasteiger partial charge in [-0.3, -0.25) is 0 Å². The second-order valence-corrected chi connectivity index (χ2v) is 6.50. The molecule has 3 N–H and O–H groups in total. The first-order chi connectivity index (χ1) is 10.9. The Hall–Kier alpha value is -2.36. The second-order valence-electron chi connectivity index (χ2n) is 6.50. The molecule has 4 heteroatoms. The van der Waals surface area contributed by atoms with E-state index >= 15 is 0 Å². The van der Waals surface area contributed by atoms with Crippen LogP contribution in [0.2, 0.25) is 0 Å². The standard InChI is InChI=1S/C19H25NO3/c1-4-11-19(2,3)13-22-16-9-10-18(17(20)12-16)23-15-7-5-14(21)6-8-15/h5-10,12,21H,4,11,13,20H2,1-3H3. The van der Waals surface area contributed by atoms with E-state index in [-0.39, 0.29) is 11.2 Å². The lowest BCUT2D eigenvalue weighted by molar-refractivity contribution is 0.169. The fourth-order valence-electron chi connectivity index (χ4n) is 2.38. The number of phenolic OH excluding ortho intramolecular Hbond substituents is 1. The molecule has 0 saturated heterocycles. The average molecular weight is 315 g/mol. The van der Waals surface area contributed by atoms with Crippen molar-refractivity contribution in [3.63, 3.8) is 0 Å². The smallest absolute Gasteiger partial charge is 0.150 e. The summed E-state index contributed by atoms with van der Waals surface area (Å²) in [5.41, 5.74) is 6.70. The zero-order valence-corrected chi connectivity index (χ0v) is 14.0. The van der Waals surface area contributed by atoms with Gasteiger partial charge in [0.25, 0.3) is 0 Å². The Kier molecular flexibility index (Phi) is 5.37. The Labute approximate surface area is 137 Å². The van der Waals surface area contributed by atoms with E-state index in [0.29, 0.717) is 23.8 Å². The summed E-state index contributed by atoms with van der Waals surface area (Å²) < 4.78 is 11.6. The summed E-state index contributed by atoms with van der Waals surface area (Å²) in [4.78, 5) is 0. The van der Waals surface area contributed by atoms with E-state index in [2.05, 4.69) is 20.8 Å². The number of phenols is 1. The van der Waals surface area contributed by atoms with Crippen LogP contribution < -0.4 is 15.2 Å². The Balaban J connectivity index is 2.01. The fraction of sp³-hybridized carbons (Fsp3) is 0.368. The van der Waals surface area contributed by atoms with Crippen molar-refractivity contribution in [3.05, 3.63) is 42.5 Å². The number of rotatable bonds is 7. The van der Waals surface area contributed by atoms with Gasteiger partial charge < -0.3 is 20.3 Å². The third-order valence-corrected chi connectivity index (χ3v) is 3.60. The minimum Gasteiger partial charge on any atom is -0.508 e. The van der Waals surface area contributed by atoms with Gasteiger partial charge in [-0.15, -0.1) is 0 Å². The Bertz CT molecular complexity index is 636. The summed E-state index contributed by atoms with van der Waals surface area (Å²) in [6, 6.07) is 11.9. The molecule has 0 aliphatic heterocycles. The normalized spacial score (nSPS) is 11.3. The molecule has 0 heterocycles. The van der Waals surface area contributed by atoms with Crippen LogP contribution in [-0.2, 0) is 0 Å². The molecule has 0 bridgehead atoms. The van der Waals surface area contributed by atoms with Crippen molar-refractivity contribution in [3.8, 4) is 23.0 Å². The molecule has 0 unspecified atom stereocenters. The van der Waals surface area contributed by atoms with E-state index in [1.54, 1.807) is 36.4 Å². The van der Waals surface area contributed by atoms with Gasteiger partial charge >= 0.3 is 0 Å². The molecule has 2 rings (SSSR count). The van der Waals surface area contributed by atoms with Crippen LogP contribution in [0, 0.1) is 5.41 Å². The van der Waals surface area contributed by atoms with E-state index in [1.807, 2.05) is 6.07 Å². The van der Waals surface area contributed by atoms with Gasteiger partial charge in [0, 0.05) is 6.07 Å². The summed E-state index contributed by atoms with van der Waals surface area (Å²) in [6.45, 7) is 7.22. The van der Waals surface area contributed by atoms with Crippen LogP contribution in [0.5, 0.6) is 23.0 Å². The Morgan fingerprint density at radius 1 is 1.04 bits per heavy atom. The fourth-order valence-corrected chi connectivity index (χ4v) is 2.38. The van der Waals surface area contributed by atoms with E-state index in [9.17, 15) is 5.11 Å². The summed E-state index contributed by atoms with van der Waals surface area (Å²) in [6.07, 6.45) is 2.25. The number of hydrogen-bond donors (Lipinski definition) is 2. The van der Waals surface area contributed by atoms with E-state index < -0.39 is 0 Å². The van der Waals surface area contributed by atoms with Crippen molar-refractivity contribution in [1.29, 1.82) is 0 Å². The first-order valence-corrected chi connectivity index (χ1v) is 7.89. The van der Waals surface area contributed by atoms with Crippen molar-refractivity contribution in [2.45, 2.75) is 33.6 Å². The van der Waals surface area contributed by atoms with Crippen molar-refractivity contribution in [2.75, 3.05) is 12.3 Å². The number of anilines is 1. The highest BCUT2D eigenvalue weighted by Crippen LogP contribution is 2.32. The van der Waals surface area contributed by atoms with Crippen LogP contribution in [0.15, 0.2) is 42.5 Å². The summed E-state index contributed by atoms with van der Waals surface area (Å²) in [5.74, 6) is 2.12. The number of nitrogen functional groups attached to an aromatic ring is 1. The predicted octanol–water partition coefficient (Wildman–Crippen LogP) is 4.97. The van der Waals surface area contributed by atoms with Crippen LogP contribution in [0.4, 0.5) is 5.69 Å². The maximum Gasteiger partial charge on any atom is 0.150 e. The van der Waals surface area contributed by atoms with Crippen molar-refractivity contribution < 1.29 is 14.6 Å². The number of ether oxygens (including phenoxy) is 2. The molecule has 0 radical (unpaired) electrons. The molecule has 0 aliphatic rings. The zero-order chi connectivity index (χ0) is 16.9. The highest BCUT2D eigenvalue weighted by Gasteiger charge is 2.17. The molecule has 4 nitrogen and oxygen atoms in total. The SMILES string of the molecule is CCCC(C)(C)COc1ccc(Oc2ccc(O)cc2)c(N)c1. The molecule has 2 aromatic carbocycles. The zero-order valence-electron chi connectivity index (χ0n) is 14.0. The van der Waals surface area contributed by atoms with Crippen LogP contribution >= 0.6 is 0 Å². The van der Waals surface area contributed by atoms with Crippen LogP contribution in [0.25, 0.3) is 0 Å². The van der Waals surface area contributed by atoms with Crippen molar-refractivity contribution >= 4 is 5.69 Å². The van der Waals surface area contributed by atoms with E-state index in [0.717, 1.165) is 18.6 Å². The highest BCUT2D eigenvalue weighted by atomic mass is 16.5. The number of benzene rings is 2. The molecule has 0 saturated carbocycles. The molecular weight excluding hydrogens is 290 g/mol. The van der Waals surface area contributed by atoms with E-state index in [1.165, 1.54) is 0 Å². The van der Waals surface area contributed by atoms with Crippen molar-refractivity contribution in [1.82, 2.24) is 0 Å². The molecule has 2 aromatic rings. The van der Waals surface area contributed by atoms with Gasteiger partial charge in [0.05, 0.1) is 12.3 Å². The molecule has 0 spiro atoms. The Morgan fingerprint density at radius 2 is 1.70 bits per heavy atom. The third kappa shape index (κ3) is 5.09. The van der Waals surface area contributed by atoms with Crippen LogP contribution in [-0.4, -0.2) is 11.7 Å². The van der Waals surface area contributed by atoms with E-state index in [4.69, 9.17) is 15.2 Å². The lowest BCUT2D eigenvalue weighted by Crippen LogP contribution is -2.21.